The standard InChI is InChI=1S/C12H8BrClF2S/c1-6-4-7(9(16)5-8(6)15)12(13)10-2-3-11(14)17-10/h2-5,12H,1H3. The van der Waals surface area contributed by atoms with E-state index in [1.807, 2.05) is 6.07 Å². The molecule has 1 aromatic carbocycles. The van der Waals surface area contributed by atoms with Crippen molar-refractivity contribution in [1.29, 1.82) is 0 Å². The summed E-state index contributed by atoms with van der Waals surface area (Å²) in [4.78, 5) is 0.583. The normalized spacial score (nSPS) is 12.8. The van der Waals surface area contributed by atoms with Crippen LogP contribution in [0.2, 0.25) is 4.34 Å². The Morgan fingerprint density at radius 1 is 1.24 bits per heavy atom. The Labute approximate surface area is 115 Å². The second-order valence-corrected chi connectivity index (χ2v) is 6.29. The van der Waals surface area contributed by atoms with Crippen LogP contribution in [0.4, 0.5) is 8.78 Å². The van der Waals surface area contributed by atoms with Gasteiger partial charge in [0, 0.05) is 16.5 Å². The van der Waals surface area contributed by atoms with Gasteiger partial charge >= 0.3 is 0 Å². The lowest BCUT2D eigenvalue weighted by Crippen LogP contribution is -1.97. The third-order valence-electron chi connectivity index (χ3n) is 2.39. The molecule has 90 valence electrons. The first kappa shape index (κ1) is 13.0. The Balaban J connectivity index is 2.43. The van der Waals surface area contributed by atoms with Crippen molar-refractivity contribution in [3.05, 3.63) is 56.2 Å². The molecule has 1 heterocycles. The predicted octanol–water partition coefficient (Wildman–Crippen LogP) is 5.47. The van der Waals surface area contributed by atoms with Gasteiger partial charge in [0.25, 0.3) is 0 Å². The maximum atomic E-state index is 13.7. The first-order valence-electron chi connectivity index (χ1n) is 4.84. The largest absolute Gasteiger partial charge is 0.207 e. The van der Waals surface area contributed by atoms with E-state index in [2.05, 4.69) is 15.9 Å². The monoisotopic (exact) mass is 336 g/mol. The molecule has 0 saturated heterocycles. The Morgan fingerprint density at radius 2 is 1.94 bits per heavy atom. The molecule has 1 aromatic heterocycles. The van der Waals surface area contributed by atoms with Gasteiger partial charge in [-0.15, -0.1) is 11.3 Å². The quantitative estimate of drug-likeness (QED) is 0.637. The summed E-state index contributed by atoms with van der Waals surface area (Å²) >= 11 is 10.6. The summed E-state index contributed by atoms with van der Waals surface area (Å²) in [5.74, 6) is -1.09. The molecule has 0 saturated carbocycles. The number of rotatable bonds is 2. The molecule has 1 unspecified atom stereocenters. The van der Waals surface area contributed by atoms with Crippen molar-refractivity contribution in [1.82, 2.24) is 0 Å². The van der Waals surface area contributed by atoms with E-state index in [1.54, 1.807) is 13.0 Å². The van der Waals surface area contributed by atoms with Gasteiger partial charge in [0.1, 0.15) is 11.6 Å². The van der Waals surface area contributed by atoms with Crippen LogP contribution in [0.5, 0.6) is 0 Å². The lowest BCUT2D eigenvalue weighted by atomic mass is 10.1. The van der Waals surface area contributed by atoms with Gasteiger partial charge in [-0.05, 0) is 30.7 Å². The predicted molar refractivity (Wildman–Crippen MR) is 71.2 cm³/mol. The molecule has 0 aliphatic heterocycles. The molecule has 0 fully saturated rings. The van der Waals surface area contributed by atoms with Crippen molar-refractivity contribution < 1.29 is 8.78 Å². The molecule has 1 atom stereocenters. The van der Waals surface area contributed by atoms with Gasteiger partial charge in [-0.25, -0.2) is 8.78 Å². The van der Waals surface area contributed by atoms with Crippen LogP contribution >= 0.6 is 38.9 Å². The molecule has 0 amide bonds. The van der Waals surface area contributed by atoms with Gasteiger partial charge in [-0.1, -0.05) is 27.5 Å². The molecule has 17 heavy (non-hydrogen) atoms. The average molecular weight is 338 g/mol. The molecule has 0 radical (unpaired) electrons. The fraction of sp³-hybridized carbons (Fsp3) is 0.167. The van der Waals surface area contributed by atoms with E-state index in [4.69, 9.17) is 11.6 Å². The van der Waals surface area contributed by atoms with Crippen molar-refractivity contribution >= 4 is 38.9 Å². The van der Waals surface area contributed by atoms with Crippen molar-refractivity contribution in [3.63, 3.8) is 0 Å². The van der Waals surface area contributed by atoms with E-state index in [1.165, 1.54) is 17.4 Å². The summed E-state index contributed by atoms with van der Waals surface area (Å²) in [7, 11) is 0. The molecule has 0 nitrogen and oxygen atoms in total. The van der Waals surface area contributed by atoms with Crippen molar-refractivity contribution in [3.8, 4) is 0 Å². The van der Waals surface area contributed by atoms with Gasteiger partial charge in [0.2, 0.25) is 0 Å². The number of thiophene rings is 1. The van der Waals surface area contributed by atoms with Crippen LogP contribution in [0.25, 0.3) is 0 Å². The van der Waals surface area contributed by atoms with E-state index in [-0.39, 0.29) is 4.83 Å². The molecule has 2 rings (SSSR count). The molecule has 0 bridgehead atoms. The van der Waals surface area contributed by atoms with Crippen molar-refractivity contribution in [2.24, 2.45) is 0 Å². The van der Waals surface area contributed by atoms with Gasteiger partial charge in [0.05, 0.1) is 9.16 Å². The number of alkyl halides is 1. The van der Waals surface area contributed by atoms with E-state index in [0.29, 0.717) is 15.5 Å². The van der Waals surface area contributed by atoms with Crippen molar-refractivity contribution in [2.75, 3.05) is 0 Å². The minimum absolute atomic E-state index is 0.306. The molecule has 2 aromatic rings. The molecular formula is C12H8BrClF2S. The second kappa shape index (κ2) is 5.04. The highest BCUT2D eigenvalue weighted by Gasteiger charge is 2.18. The first-order chi connectivity index (χ1) is 7.99. The zero-order valence-electron chi connectivity index (χ0n) is 8.81. The molecular weight excluding hydrogens is 330 g/mol. The second-order valence-electron chi connectivity index (χ2n) is 3.63. The topological polar surface area (TPSA) is 0 Å². The highest BCUT2D eigenvalue weighted by Crippen LogP contribution is 2.38. The van der Waals surface area contributed by atoms with Gasteiger partial charge in [-0.3, -0.25) is 0 Å². The fourth-order valence-corrected chi connectivity index (χ4v) is 3.33. The number of benzene rings is 1. The first-order valence-corrected chi connectivity index (χ1v) is 6.95. The lowest BCUT2D eigenvalue weighted by molar-refractivity contribution is 0.569. The Bertz CT molecular complexity index is 553. The average Bonchev–Trinajstić information content (AvgIpc) is 2.69. The van der Waals surface area contributed by atoms with Crippen LogP contribution < -0.4 is 0 Å². The molecule has 0 N–H and O–H groups in total. The summed E-state index contributed by atoms with van der Waals surface area (Å²) in [5, 5.41) is 0. The maximum Gasteiger partial charge on any atom is 0.130 e. The Kier molecular flexibility index (Phi) is 3.85. The van der Waals surface area contributed by atoms with E-state index < -0.39 is 11.6 Å². The number of hydrogen-bond donors (Lipinski definition) is 0. The number of halogens is 4. The maximum absolute atomic E-state index is 13.7. The van der Waals surface area contributed by atoms with Crippen LogP contribution in [0.1, 0.15) is 20.8 Å². The van der Waals surface area contributed by atoms with Crippen molar-refractivity contribution in [2.45, 2.75) is 11.8 Å². The van der Waals surface area contributed by atoms with Gasteiger partial charge in [0.15, 0.2) is 0 Å². The highest BCUT2D eigenvalue weighted by molar-refractivity contribution is 9.09. The molecule has 5 heteroatoms. The molecule has 0 aliphatic carbocycles. The highest BCUT2D eigenvalue weighted by atomic mass is 79.9. The summed E-state index contributed by atoms with van der Waals surface area (Å²) in [6.07, 6.45) is 0. The zero-order valence-corrected chi connectivity index (χ0v) is 12.0. The van der Waals surface area contributed by atoms with Gasteiger partial charge in [-0.2, -0.15) is 0 Å². The minimum atomic E-state index is -0.556. The summed E-state index contributed by atoms with van der Waals surface area (Å²) < 4.78 is 27.5. The van der Waals surface area contributed by atoms with Crippen LogP contribution in [0, 0.1) is 18.6 Å². The van der Waals surface area contributed by atoms with E-state index >= 15 is 0 Å². The van der Waals surface area contributed by atoms with Crippen LogP contribution in [-0.4, -0.2) is 0 Å². The summed E-state index contributed by atoms with van der Waals surface area (Å²) in [5.41, 5.74) is 0.843. The molecule has 0 aliphatic rings. The third-order valence-corrected chi connectivity index (χ3v) is 4.98. The Morgan fingerprint density at radius 3 is 2.53 bits per heavy atom. The van der Waals surface area contributed by atoms with E-state index in [9.17, 15) is 8.78 Å². The van der Waals surface area contributed by atoms with Crippen LogP contribution in [-0.2, 0) is 0 Å². The fourth-order valence-electron chi connectivity index (χ4n) is 1.49. The third kappa shape index (κ3) is 2.69. The summed E-state index contributed by atoms with van der Waals surface area (Å²) in [6.45, 7) is 1.61. The molecule has 0 spiro atoms. The smallest absolute Gasteiger partial charge is 0.130 e. The number of aryl methyl sites for hydroxylation is 1. The van der Waals surface area contributed by atoms with Crippen LogP contribution in [0.3, 0.4) is 0 Å². The zero-order chi connectivity index (χ0) is 12.6. The Hall–Kier alpha value is -0.450. The SMILES string of the molecule is Cc1cc(C(Br)c2ccc(Cl)s2)c(F)cc1F. The van der Waals surface area contributed by atoms with E-state index in [0.717, 1.165) is 10.9 Å². The summed E-state index contributed by atoms with van der Waals surface area (Å²) in [6, 6.07) is 6.00. The van der Waals surface area contributed by atoms with Gasteiger partial charge < -0.3 is 0 Å². The number of hydrogen-bond acceptors (Lipinski definition) is 1. The lowest BCUT2D eigenvalue weighted by Gasteiger charge is -2.10. The minimum Gasteiger partial charge on any atom is -0.207 e. The van der Waals surface area contributed by atoms with Crippen LogP contribution in [0.15, 0.2) is 24.3 Å².